The Morgan fingerprint density at radius 2 is 2.18 bits per heavy atom. The number of amides is 1. The van der Waals surface area contributed by atoms with Gasteiger partial charge >= 0.3 is 0 Å². The molecule has 0 aromatic heterocycles. The zero-order valence-electron chi connectivity index (χ0n) is 11.4. The maximum atomic E-state index is 11.7. The molecular weight excluding hydrogens is 218 g/mol. The van der Waals surface area contributed by atoms with E-state index in [4.69, 9.17) is 10.5 Å². The molecule has 0 saturated heterocycles. The van der Waals surface area contributed by atoms with Crippen molar-refractivity contribution in [3.63, 3.8) is 0 Å². The second-order valence-corrected chi connectivity index (χ2v) is 4.34. The van der Waals surface area contributed by atoms with Crippen molar-refractivity contribution >= 4 is 5.91 Å². The zero-order valence-corrected chi connectivity index (χ0v) is 11.4. The maximum Gasteiger partial charge on any atom is 0.234 e. The molecular formula is C12H27N3O2. The summed E-state index contributed by atoms with van der Waals surface area (Å²) in [7, 11) is 1.63. The second kappa shape index (κ2) is 10.5. The van der Waals surface area contributed by atoms with Crippen LogP contribution in [0.2, 0.25) is 0 Å². The fraction of sp³-hybridized carbons (Fsp3) is 0.917. The van der Waals surface area contributed by atoms with Crippen LogP contribution in [0.25, 0.3) is 0 Å². The summed E-state index contributed by atoms with van der Waals surface area (Å²) in [5.41, 5.74) is 5.53. The van der Waals surface area contributed by atoms with E-state index >= 15 is 0 Å². The summed E-state index contributed by atoms with van der Waals surface area (Å²) < 4.78 is 4.97. The van der Waals surface area contributed by atoms with Crippen LogP contribution in [-0.4, -0.2) is 56.7 Å². The van der Waals surface area contributed by atoms with Crippen LogP contribution >= 0.6 is 0 Å². The number of ether oxygens (including phenoxy) is 1. The average molecular weight is 245 g/mol. The van der Waals surface area contributed by atoms with Crippen LogP contribution in [-0.2, 0) is 9.53 Å². The minimum Gasteiger partial charge on any atom is -0.383 e. The van der Waals surface area contributed by atoms with Crippen LogP contribution in [0.1, 0.15) is 26.7 Å². The molecule has 1 atom stereocenters. The van der Waals surface area contributed by atoms with Gasteiger partial charge in [-0.1, -0.05) is 13.3 Å². The van der Waals surface area contributed by atoms with Gasteiger partial charge < -0.3 is 15.8 Å². The molecule has 0 aromatic rings. The lowest BCUT2D eigenvalue weighted by Crippen LogP contribution is -2.44. The van der Waals surface area contributed by atoms with Crippen molar-refractivity contribution in [3.8, 4) is 0 Å². The van der Waals surface area contributed by atoms with Gasteiger partial charge in [-0.05, 0) is 19.9 Å². The molecule has 3 N–H and O–H groups in total. The number of unbranched alkanes of at least 4 members (excludes halogenated alkanes) is 1. The standard InChI is InChI=1S/C12H27N3O2/c1-4-5-7-15(8-6-13)9-12(16)14-11(2)10-17-3/h11H,4-10,13H2,1-3H3,(H,14,16). The zero-order chi connectivity index (χ0) is 13.1. The van der Waals surface area contributed by atoms with Gasteiger partial charge in [0.2, 0.25) is 5.91 Å². The molecule has 17 heavy (non-hydrogen) atoms. The number of hydrogen-bond donors (Lipinski definition) is 2. The number of carbonyl (C=O) groups is 1. The Balaban J connectivity index is 3.93. The molecule has 5 heteroatoms. The van der Waals surface area contributed by atoms with Gasteiger partial charge in [-0.2, -0.15) is 0 Å². The lowest BCUT2D eigenvalue weighted by molar-refractivity contribution is -0.123. The van der Waals surface area contributed by atoms with E-state index in [1.165, 1.54) is 0 Å². The number of nitrogens with zero attached hydrogens (tertiary/aromatic N) is 1. The normalized spacial score (nSPS) is 12.8. The van der Waals surface area contributed by atoms with E-state index < -0.39 is 0 Å². The van der Waals surface area contributed by atoms with Gasteiger partial charge in [0, 0.05) is 26.2 Å². The van der Waals surface area contributed by atoms with Crippen molar-refractivity contribution in [1.29, 1.82) is 0 Å². The smallest absolute Gasteiger partial charge is 0.234 e. The third kappa shape index (κ3) is 9.09. The molecule has 0 spiro atoms. The van der Waals surface area contributed by atoms with Gasteiger partial charge in [0.15, 0.2) is 0 Å². The van der Waals surface area contributed by atoms with Crippen molar-refractivity contribution in [1.82, 2.24) is 10.2 Å². The van der Waals surface area contributed by atoms with E-state index in [0.717, 1.165) is 25.9 Å². The minimum absolute atomic E-state index is 0.0408. The number of hydrogen-bond acceptors (Lipinski definition) is 4. The number of nitrogens with two attached hydrogens (primary N) is 1. The molecule has 0 aliphatic heterocycles. The molecule has 0 aliphatic carbocycles. The first kappa shape index (κ1) is 16.4. The second-order valence-electron chi connectivity index (χ2n) is 4.34. The monoisotopic (exact) mass is 245 g/mol. The van der Waals surface area contributed by atoms with Crippen LogP contribution in [0.5, 0.6) is 0 Å². The van der Waals surface area contributed by atoms with E-state index in [1.807, 2.05) is 6.92 Å². The van der Waals surface area contributed by atoms with Gasteiger partial charge in [0.05, 0.1) is 13.2 Å². The first-order valence-corrected chi connectivity index (χ1v) is 6.34. The molecule has 1 amide bonds. The molecule has 102 valence electrons. The van der Waals surface area contributed by atoms with E-state index in [-0.39, 0.29) is 11.9 Å². The van der Waals surface area contributed by atoms with Crippen molar-refractivity contribution in [2.75, 3.05) is 39.9 Å². The Hall–Kier alpha value is -0.650. The summed E-state index contributed by atoms with van der Waals surface area (Å²) in [6, 6.07) is 0.0541. The topological polar surface area (TPSA) is 67.6 Å². The molecule has 0 aliphatic rings. The molecule has 0 aromatic carbocycles. The van der Waals surface area contributed by atoms with Crippen LogP contribution in [0.4, 0.5) is 0 Å². The van der Waals surface area contributed by atoms with Crippen molar-refractivity contribution in [2.45, 2.75) is 32.7 Å². The van der Waals surface area contributed by atoms with Gasteiger partial charge in [-0.25, -0.2) is 0 Å². The molecule has 0 rings (SSSR count). The molecule has 5 nitrogen and oxygen atoms in total. The van der Waals surface area contributed by atoms with Crippen molar-refractivity contribution in [2.24, 2.45) is 5.73 Å². The summed E-state index contributed by atoms with van der Waals surface area (Å²) in [6.07, 6.45) is 2.23. The molecule has 0 fully saturated rings. The van der Waals surface area contributed by atoms with Crippen molar-refractivity contribution < 1.29 is 9.53 Å². The Bertz CT molecular complexity index is 200. The van der Waals surface area contributed by atoms with Gasteiger partial charge in [0.1, 0.15) is 0 Å². The first-order valence-electron chi connectivity index (χ1n) is 6.34. The predicted molar refractivity (Wildman–Crippen MR) is 69.9 cm³/mol. The van der Waals surface area contributed by atoms with Gasteiger partial charge in [0.25, 0.3) is 0 Å². The number of carbonyl (C=O) groups excluding carboxylic acids is 1. The summed E-state index contributed by atoms with van der Waals surface area (Å²) in [5, 5.41) is 2.90. The van der Waals surface area contributed by atoms with E-state index in [2.05, 4.69) is 17.1 Å². The highest BCUT2D eigenvalue weighted by atomic mass is 16.5. The van der Waals surface area contributed by atoms with E-state index in [1.54, 1.807) is 7.11 Å². The Labute approximate surface area is 105 Å². The van der Waals surface area contributed by atoms with E-state index in [0.29, 0.717) is 19.7 Å². The number of nitrogens with one attached hydrogen (secondary N) is 1. The van der Waals surface area contributed by atoms with Crippen LogP contribution < -0.4 is 11.1 Å². The van der Waals surface area contributed by atoms with Gasteiger partial charge in [-0.15, -0.1) is 0 Å². The minimum atomic E-state index is 0.0408. The Morgan fingerprint density at radius 3 is 2.71 bits per heavy atom. The SMILES string of the molecule is CCCCN(CCN)CC(=O)NC(C)COC. The Morgan fingerprint density at radius 1 is 1.47 bits per heavy atom. The third-order valence-electron chi connectivity index (χ3n) is 2.46. The lowest BCUT2D eigenvalue weighted by atomic mass is 10.3. The molecule has 0 radical (unpaired) electrons. The van der Waals surface area contributed by atoms with Crippen LogP contribution in [0.3, 0.4) is 0 Å². The highest BCUT2D eigenvalue weighted by Crippen LogP contribution is 1.94. The van der Waals surface area contributed by atoms with Crippen LogP contribution in [0, 0.1) is 0 Å². The molecule has 1 unspecified atom stereocenters. The highest BCUT2D eigenvalue weighted by Gasteiger charge is 2.11. The highest BCUT2D eigenvalue weighted by molar-refractivity contribution is 5.78. The molecule has 0 heterocycles. The maximum absolute atomic E-state index is 11.7. The van der Waals surface area contributed by atoms with E-state index in [9.17, 15) is 4.79 Å². The van der Waals surface area contributed by atoms with Gasteiger partial charge in [-0.3, -0.25) is 9.69 Å². The fourth-order valence-electron chi connectivity index (χ4n) is 1.65. The van der Waals surface area contributed by atoms with Crippen LogP contribution in [0.15, 0.2) is 0 Å². The largest absolute Gasteiger partial charge is 0.383 e. The quantitative estimate of drug-likeness (QED) is 0.577. The summed E-state index contributed by atoms with van der Waals surface area (Å²) in [5.74, 6) is 0.0408. The fourth-order valence-corrected chi connectivity index (χ4v) is 1.65. The average Bonchev–Trinajstić information content (AvgIpc) is 2.26. The summed E-state index contributed by atoms with van der Waals surface area (Å²) in [4.78, 5) is 13.8. The van der Waals surface area contributed by atoms with Crippen molar-refractivity contribution in [3.05, 3.63) is 0 Å². The summed E-state index contributed by atoms with van der Waals surface area (Å²) >= 11 is 0. The first-order chi connectivity index (χ1) is 8.13. The molecule has 0 saturated carbocycles. The molecule has 0 bridgehead atoms. The Kier molecular flexibility index (Phi) is 10.1. The number of rotatable bonds is 10. The lowest BCUT2D eigenvalue weighted by Gasteiger charge is -2.22. The summed E-state index contributed by atoms with van der Waals surface area (Å²) in [6.45, 7) is 7.32. The number of methoxy groups -OCH3 is 1. The third-order valence-corrected chi connectivity index (χ3v) is 2.46. The predicted octanol–water partition coefficient (Wildman–Crippen LogP) is 0.198.